The van der Waals surface area contributed by atoms with Crippen molar-refractivity contribution in [2.75, 3.05) is 0 Å². The van der Waals surface area contributed by atoms with Gasteiger partial charge in [0.1, 0.15) is 5.82 Å². The summed E-state index contributed by atoms with van der Waals surface area (Å²) >= 11 is -2.30. The predicted octanol–water partition coefficient (Wildman–Crippen LogP) is 4.52. The molecule has 0 saturated carbocycles. The van der Waals surface area contributed by atoms with Crippen molar-refractivity contribution in [3.63, 3.8) is 0 Å². The summed E-state index contributed by atoms with van der Waals surface area (Å²) in [5.74, 6) is 1.16. The molecule has 0 aliphatic heterocycles. The van der Waals surface area contributed by atoms with E-state index < -0.39 is 11.3 Å². The number of aromatic nitrogens is 4. The number of rotatable bonds is 7. The molecule has 3 heterocycles. The number of nitrogens with zero attached hydrogens (tertiary/aromatic N) is 3. The van der Waals surface area contributed by atoms with E-state index in [0.717, 1.165) is 51.0 Å². The molecule has 4 rings (SSSR count). The molecule has 0 bridgehead atoms. The van der Waals surface area contributed by atoms with Crippen LogP contribution in [0.25, 0.3) is 33.9 Å². The lowest BCUT2D eigenvalue weighted by molar-refractivity contribution is 0.522. The second-order valence-electron chi connectivity index (χ2n) is 7.85. The number of benzene rings is 1. The Morgan fingerprint density at radius 3 is 2.50 bits per heavy atom. The van der Waals surface area contributed by atoms with Crippen LogP contribution in [0.5, 0.6) is 0 Å². The first-order valence-electron chi connectivity index (χ1n) is 10.3. The molecule has 0 radical (unpaired) electrons. The summed E-state index contributed by atoms with van der Waals surface area (Å²) in [4.78, 5) is 17.6. The largest absolute Gasteiger partial charge is 0.760 e. The van der Waals surface area contributed by atoms with Gasteiger partial charge in [0.25, 0.3) is 0 Å². The number of H-pyrrole nitrogens is 1. The normalized spacial score (nSPS) is 12.3. The van der Waals surface area contributed by atoms with Crippen LogP contribution in [0.2, 0.25) is 0 Å². The molecule has 1 aromatic carbocycles. The average Bonchev–Trinajstić information content (AvgIpc) is 3.24. The molecule has 0 aliphatic carbocycles. The van der Waals surface area contributed by atoms with Gasteiger partial charge in [-0.2, -0.15) is 0 Å². The summed E-state index contributed by atoms with van der Waals surface area (Å²) in [5, 5.41) is 0. The third kappa shape index (κ3) is 4.99. The van der Waals surface area contributed by atoms with Gasteiger partial charge in [0, 0.05) is 46.7 Å². The number of aryl methyl sites for hydroxylation is 1. The SMILES string of the molecule is Cc1cccc(-c2[nH]c(C(C)C)nc2-c2cccc(-c3ccc(CNS(=O)[O-])cn3)c2)n1. The van der Waals surface area contributed by atoms with Gasteiger partial charge in [-0.25, -0.2) is 9.71 Å². The fraction of sp³-hybridized carbons (Fsp3) is 0.208. The van der Waals surface area contributed by atoms with E-state index >= 15 is 0 Å². The van der Waals surface area contributed by atoms with Crippen molar-refractivity contribution >= 4 is 11.3 Å². The van der Waals surface area contributed by atoms with E-state index in [0.29, 0.717) is 0 Å². The summed E-state index contributed by atoms with van der Waals surface area (Å²) in [6, 6.07) is 17.8. The van der Waals surface area contributed by atoms with E-state index in [9.17, 15) is 8.76 Å². The first kappa shape index (κ1) is 22.0. The number of nitrogens with one attached hydrogen (secondary N) is 2. The standard InChI is InChI=1S/C24H25N5O2S/c1-15(2)24-28-22(23(29-24)21-9-4-6-16(3)27-21)19-8-5-7-18(12-19)20-11-10-17(13-25-20)14-26-32(30)31/h4-13,15,26H,14H2,1-3H3,(H,28,29)(H,30,31)/p-1. The van der Waals surface area contributed by atoms with Crippen LogP contribution in [0.4, 0.5) is 0 Å². The van der Waals surface area contributed by atoms with Gasteiger partial charge in [-0.3, -0.25) is 14.2 Å². The summed E-state index contributed by atoms with van der Waals surface area (Å²) in [5.41, 5.74) is 7.06. The van der Waals surface area contributed by atoms with Crippen molar-refractivity contribution < 1.29 is 8.76 Å². The van der Waals surface area contributed by atoms with Crippen LogP contribution in [0, 0.1) is 6.92 Å². The van der Waals surface area contributed by atoms with Gasteiger partial charge < -0.3 is 9.54 Å². The predicted molar refractivity (Wildman–Crippen MR) is 125 cm³/mol. The molecule has 0 fully saturated rings. The third-order valence-corrected chi connectivity index (χ3v) is 5.44. The maximum Gasteiger partial charge on any atom is 0.109 e. The maximum absolute atomic E-state index is 10.7. The first-order valence-corrected chi connectivity index (χ1v) is 11.4. The lowest BCUT2D eigenvalue weighted by atomic mass is 10.0. The summed E-state index contributed by atoms with van der Waals surface area (Å²) in [7, 11) is 0. The molecule has 2 N–H and O–H groups in total. The Morgan fingerprint density at radius 2 is 1.81 bits per heavy atom. The van der Waals surface area contributed by atoms with E-state index in [4.69, 9.17) is 4.98 Å². The molecule has 0 spiro atoms. The minimum Gasteiger partial charge on any atom is -0.760 e. The van der Waals surface area contributed by atoms with Crippen LogP contribution in [0.15, 0.2) is 60.8 Å². The molecule has 32 heavy (non-hydrogen) atoms. The van der Waals surface area contributed by atoms with Crippen molar-refractivity contribution in [1.29, 1.82) is 0 Å². The Labute approximate surface area is 189 Å². The van der Waals surface area contributed by atoms with Crippen LogP contribution in [-0.2, 0) is 17.8 Å². The molecule has 4 aromatic rings. The molecule has 0 aliphatic rings. The van der Waals surface area contributed by atoms with Gasteiger partial charge in [-0.05, 0) is 36.8 Å². The van der Waals surface area contributed by atoms with Crippen LogP contribution < -0.4 is 4.72 Å². The summed E-state index contributed by atoms with van der Waals surface area (Å²) in [6.07, 6.45) is 1.68. The zero-order valence-corrected chi connectivity index (χ0v) is 18.9. The minimum atomic E-state index is -2.30. The van der Waals surface area contributed by atoms with Gasteiger partial charge in [0.2, 0.25) is 0 Å². The van der Waals surface area contributed by atoms with E-state index in [1.165, 1.54) is 0 Å². The van der Waals surface area contributed by atoms with Crippen LogP contribution >= 0.6 is 0 Å². The number of hydrogen-bond donors (Lipinski definition) is 2. The second kappa shape index (κ2) is 9.52. The molecule has 7 nitrogen and oxygen atoms in total. The van der Waals surface area contributed by atoms with Crippen LogP contribution in [0.3, 0.4) is 0 Å². The van der Waals surface area contributed by atoms with Crippen molar-refractivity contribution in [2.45, 2.75) is 33.2 Å². The Hall–Kier alpha value is -3.20. The molecule has 164 valence electrons. The highest BCUT2D eigenvalue weighted by atomic mass is 32.2. The van der Waals surface area contributed by atoms with Crippen molar-refractivity contribution in [3.05, 3.63) is 77.9 Å². The highest BCUT2D eigenvalue weighted by Gasteiger charge is 2.17. The quantitative estimate of drug-likeness (QED) is 0.406. The number of aromatic amines is 1. The molecule has 3 aromatic heterocycles. The van der Waals surface area contributed by atoms with E-state index in [-0.39, 0.29) is 12.5 Å². The zero-order valence-electron chi connectivity index (χ0n) is 18.1. The van der Waals surface area contributed by atoms with Crippen LogP contribution in [0.1, 0.15) is 36.8 Å². The molecule has 8 heteroatoms. The fourth-order valence-electron chi connectivity index (χ4n) is 3.41. The van der Waals surface area contributed by atoms with E-state index in [1.54, 1.807) is 6.20 Å². The van der Waals surface area contributed by atoms with Crippen molar-refractivity contribution in [2.24, 2.45) is 0 Å². The highest BCUT2D eigenvalue weighted by Crippen LogP contribution is 2.33. The van der Waals surface area contributed by atoms with E-state index in [2.05, 4.69) is 39.6 Å². The van der Waals surface area contributed by atoms with E-state index in [1.807, 2.05) is 55.5 Å². The first-order chi connectivity index (χ1) is 15.4. The van der Waals surface area contributed by atoms with Crippen molar-refractivity contribution in [1.82, 2.24) is 24.7 Å². The minimum absolute atomic E-state index is 0.210. The highest BCUT2D eigenvalue weighted by molar-refractivity contribution is 7.77. The second-order valence-corrected chi connectivity index (χ2v) is 8.61. The molecular weight excluding hydrogens is 422 g/mol. The van der Waals surface area contributed by atoms with Crippen LogP contribution in [-0.4, -0.2) is 28.7 Å². The number of pyridine rings is 2. The number of hydrogen-bond acceptors (Lipinski definition) is 5. The Bertz CT molecular complexity index is 1250. The Kier molecular flexibility index (Phi) is 6.55. The van der Waals surface area contributed by atoms with Crippen molar-refractivity contribution in [3.8, 4) is 33.9 Å². The monoisotopic (exact) mass is 446 g/mol. The molecule has 1 unspecified atom stereocenters. The third-order valence-electron chi connectivity index (χ3n) is 5.06. The lowest BCUT2D eigenvalue weighted by Crippen LogP contribution is -2.15. The van der Waals surface area contributed by atoms with Gasteiger partial charge >= 0.3 is 0 Å². The molecule has 0 saturated heterocycles. The van der Waals surface area contributed by atoms with Gasteiger partial charge in [0.05, 0.1) is 22.8 Å². The van der Waals surface area contributed by atoms with Gasteiger partial charge in [0.15, 0.2) is 0 Å². The summed E-state index contributed by atoms with van der Waals surface area (Å²) in [6.45, 7) is 6.40. The Balaban J connectivity index is 1.71. The lowest BCUT2D eigenvalue weighted by Gasteiger charge is -2.08. The van der Waals surface area contributed by atoms with Gasteiger partial charge in [-0.15, -0.1) is 0 Å². The molecular formula is C24H24N5O2S-. The smallest absolute Gasteiger partial charge is 0.109 e. The topological polar surface area (TPSA) is 107 Å². The Morgan fingerprint density at radius 1 is 1.03 bits per heavy atom. The molecule has 0 amide bonds. The molecule has 1 atom stereocenters. The zero-order chi connectivity index (χ0) is 22.7. The maximum atomic E-state index is 10.7. The fourth-order valence-corrected chi connectivity index (χ4v) is 3.69. The average molecular weight is 447 g/mol. The summed E-state index contributed by atoms with van der Waals surface area (Å²) < 4.78 is 23.7. The number of imidazole rings is 1. The van der Waals surface area contributed by atoms with Gasteiger partial charge in [-0.1, -0.05) is 44.2 Å².